The van der Waals surface area contributed by atoms with E-state index >= 15 is 0 Å². The van der Waals surface area contributed by atoms with E-state index in [4.69, 9.17) is 17.0 Å². The Balaban J connectivity index is 2.49. The summed E-state index contributed by atoms with van der Waals surface area (Å²) >= 11 is 4.79. The van der Waals surface area contributed by atoms with Crippen molar-refractivity contribution < 1.29 is 19.6 Å². The van der Waals surface area contributed by atoms with E-state index in [0.29, 0.717) is 5.56 Å². The number of thiocarbonyl (C=S) groups is 1. The van der Waals surface area contributed by atoms with Gasteiger partial charge in [0, 0.05) is 6.07 Å². The molecule has 1 fully saturated rings. The molecule has 1 aromatic rings. The molecule has 0 atom stereocenters. The number of ether oxygens (including phenoxy) is 1. The Labute approximate surface area is 124 Å². The van der Waals surface area contributed by atoms with Crippen LogP contribution in [0.5, 0.6) is 11.5 Å². The molecule has 8 nitrogen and oxygen atoms in total. The number of phenolic OH excluding ortho intramolecular Hbond substituents is 1. The minimum atomic E-state index is -0.730. The summed E-state index contributed by atoms with van der Waals surface area (Å²) in [4.78, 5) is 21.7. The second kappa shape index (κ2) is 5.75. The van der Waals surface area contributed by atoms with Gasteiger partial charge in [0.2, 0.25) is 5.75 Å². The Morgan fingerprint density at radius 3 is 2.71 bits per heavy atom. The Morgan fingerprint density at radius 1 is 1.48 bits per heavy atom. The molecule has 0 aliphatic carbocycles. The monoisotopic (exact) mass is 309 g/mol. The van der Waals surface area contributed by atoms with E-state index < -0.39 is 22.3 Å². The van der Waals surface area contributed by atoms with Gasteiger partial charge in [-0.05, 0) is 36.8 Å². The molecule has 1 heterocycles. The van der Waals surface area contributed by atoms with Gasteiger partial charge < -0.3 is 15.2 Å². The molecular formula is C12H11N3O5S. The van der Waals surface area contributed by atoms with Gasteiger partial charge in [-0.3, -0.25) is 20.2 Å². The molecule has 0 saturated carbocycles. The SMILES string of the molecule is CCOc1cc(C=C2NC(=S)NC2=O)cc([N+](=O)[O-])c1O. The van der Waals surface area contributed by atoms with E-state index in [0.717, 1.165) is 6.07 Å². The highest BCUT2D eigenvalue weighted by atomic mass is 32.1. The lowest BCUT2D eigenvalue weighted by Gasteiger charge is -2.07. The van der Waals surface area contributed by atoms with Crippen molar-refractivity contribution in [3.63, 3.8) is 0 Å². The van der Waals surface area contributed by atoms with Crippen molar-refractivity contribution >= 4 is 35.0 Å². The van der Waals surface area contributed by atoms with Crippen molar-refractivity contribution in [1.29, 1.82) is 0 Å². The number of carbonyl (C=O) groups excluding carboxylic acids is 1. The maximum absolute atomic E-state index is 11.5. The fraction of sp³-hybridized carbons (Fsp3) is 0.167. The van der Waals surface area contributed by atoms with Crippen molar-refractivity contribution in [2.75, 3.05) is 6.61 Å². The first kappa shape index (κ1) is 14.7. The Kier molecular flexibility index (Phi) is 4.03. The predicted molar refractivity (Wildman–Crippen MR) is 77.8 cm³/mol. The number of phenols is 1. The number of hydrogen-bond donors (Lipinski definition) is 3. The van der Waals surface area contributed by atoms with Gasteiger partial charge in [-0.2, -0.15) is 0 Å². The summed E-state index contributed by atoms with van der Waals surface area (Å²) in [6, 6.07) is 2.54. The van der Waals surface area contributed by atoms with Gasteiger partial charge in [0.1, 0.15) is 5.70 Å². The molecule has 3 N–H and O–H groups in total. The smallest absolute Gasteiger partial charge is 0.315 e. The number of nitrogens with one attached hydrogen (secondary N) is 2. The average molecular weight is 309 g/mol. The van der Waals surface area contributed by atoms with Crippen molar-refractivity contribution in [1.82, 2.24) is 10.6 Å². The van der Waals surface area contributed by atoms with Crippen LogP contribution in [0.25, 0.3) is 6.08 Å². The number of nitro benzene ring substituents is 1. The van der Waals surface area contributed by atoms with Crippen molar-refractivity contribution in [2.24, 2.45) is 0 Å². The highest BCUT2D eigenvalue weighted by Gasteiger charge is 2.23. The molecular weight excluding hydrogens is 298 g/mol. The molecule has 110 valence electrons. The molecule has 1 saturated heterocycles. The fourth-order valence-corrected chi connectivity index (χ4v) is 1.95. The van der Waals surface area contributed by atoms with Crippen LogP contribution in [0.2, 0.25) is 0 Å². The molecule has 1 aliphatic heterocycles. The molecule has 0 bridgehead atoms. The summed E-state index contributed by atoms with van der Waals surface area (Å²) in [5, 5.41) is 25.9. The van der Waals surface area contributed by atoms with Gasteiger partial charge >= 0.3 is 5.69 Å². The summed E-state index contributed by atoms with van der Waals surface area (Å²) in [6.07, 6.45) is 1.38. The molecule has 2 rings (SSSR count). The Morgan fingerprint density at radius 2 is 2.19 bits per heavy atom. The molecule has 0 spiro atoms. The molecule has 0 aromatic heterocycles. The minimum Gasteiger partial charge on any atom is -0.500 e. The van der Waals surface area contributed by atoms with Gasteiger partial charge in [-0.25, -0.2) is 0 Å². The summed E-state index contributed by atoms with van der Waals surface area (Å²) in [5.41, 5.74) is -0.0264. The van der Waals surface area contributed by atoms with Crippen molar-refractivity contribution in [3.8, 4) is 11.5 Å². The number of carbonyl (C=O) groups is 1. The number of rotatable bonds is 4. The number of hydrogen-bond acceptors (Lipinski definition) is 6. The Bertz CT molecular complexity index is 671. The lowest BCUT2D eigenvalue weighted by molar-refractivity contribution is -0.386. The van der Waals surface area contributed by atoms with Crippen LogP contribution in [0.4, 0.5) is 5.69 Å². The average Bonchev–Trinajstić information content (AvgIpc) is 2.71. The second-order valence-corrected chi connectivity index (χ2v) is 4.45. The zero-order valence-electron chi connectivity index (χ0n) is 10.9. The molecule has 9 heteroatoms. The van der Waals surface area contributed by atoms with Crippen LogP contribution in [0.15, 0.2) is 17.8 Å². The fourth-order valence-electron chi connectivity index (χ4n) is 1.75. The summed E-state index contributed by atoms with van der Waals surface area (Å²) in [6.45, 7) is 1.91. The van der Waals surface area contributed by atoms with E-state index in [1.54, 1.807) is 6.92 Å². The lowest BCUT2D eigenvalue weighted by atomic mass is 10.1. The van der Waals surface area contributed by atoms with E-state index in [1.165, 1.54) is 12.1 Å². The number of aromatic hydroxyl groups is 1. The first-order valence-electron chi connectivity index (χ1n) is 5.90. The van der Waals surface area contributed by atoms with Crippen molar-refractivity contribution in [2.45, 2.75) is 6.92 Å². The first-order chi connectivity index (χ1) is 9.92. The minimum absolute atomic E-state index is 0.0282. The standard InChI is InChI=1S/C12H11N3O5S/c1-2-20-9-5-6(4-8(10(9)16)15(18)19)3-7-11(17)14-12(21)13-7/h3-5,16H,2H2,1H3,(H2,13,14,17,21). The number of benzene rings is 1. The van der Waals surface area contributed by atoms with Gasteiger partial charge in [-0.1, -0.05) is 0 Å². The van der Waals surface area contributed by atoms with Gasteiger partial charge in [0.15, 0.2) is 10.9 Å². The normalized spacial score (nSPS) is 15.8. The quantitative estimate of drug-likeness (QED) is 0.329. The molecule has 1 amide bonds. The third kappa shape index (κ3) is 3.08. The van der Waals surface area contributed by atoms with E-state index in [-0.39, 0.29) is 23.2 Å². The third-order valence-corrected chi connectivity index (χ3v) is 2.81. The van der Waals surface area contributed by atoms with Crippen LogP contribution in [-0.4, -0.2) is 27.7 Å². The molecule has 1 aromatic carbocycles. The van der Waals surface area contributed by atoms with Crippen LogP contribution < -0.4 is 15.4 Å². The summed E-state index contributed by atoms with van der Waals surface area (Å²) in [5.74, 6) is -1.02. The van der Waals surface area contributed by atoms with Crippen LogP contribution >= 0.6 is 12.2 Å². The third-order valence-electron chi connectivity index (χ3n) is 2.60. The zero-order valence-corrected chi connectivity index (χ0v) is 11.7. The van der Waals surface area contributed by atoms with Crippen molar-refractivity contribution in [3.05, 3.63) is 33.5 Å². The highest BCUT2D eigenvalue weighted by molar-refractivity contribution is 7.80. The lowest BCUT2D eigenvalue weighted by Crippen LogP contribution is -2.21. The van der Waals surface area contributed by atoms with Gasteiger partial charge in [0.05, 0.1) is 11.5 Å². The van der Waals surface area contributed by atoms with E-state index in [9.17, 15) is 20.0 Å². The van der Waals surface area contributed by atoms with Crippen LogP contribution in [-0.2, 0) is 4.79 Å². The summed E-state index contributed by atoms with van der Waals surface area (Å²) < 4.78 is 5.15. The van der Waals surface area contributed by atoms with Gasteiger partial charge in [0.25, 0.3) is 5.91 Å². The number of nitro groups is 1. The predicted octanol–water partition coefficient (Wildman–Crippen LogP) is 1.04. The molecule has 21 heavy (non-hydrogen) atoms. The van der Waals surface area contributed by atoms with E-state index in [1.807, 2.05) is 0 Å². The summed E-state index contributed by atoms with van der Waals surface area (Å²) in [7, 11) is 0. The van der Waals surface area contributed by atoms with Crippen LogP contribution in [0.1, 0.15) is 12.5 Å². The maximum atomic E-state index is 11.5. The topological polar surface area (TPSA) is 114 Å². The van der Waals surface area contributed by atoms with E-state index in [2.05, 4.69) is 10.6 Å². The second-order valence-electron chi connectivity index (χ2n) is 4.04. The van der Waals surface area contributed by atoms with Crippen LogP contribution in [0, 0.1) is 10.1 Å². The van der Waals surface area contributed by atoms with Gasteiger partial charge in [-0.15, -0.1) is 0 Å². The molecule has 1 aliphatic rings. The Hall–Kier alpha value is -2.68. The number of nitrogens with zero attached hydrogens (tertiary/aromatic N) is 1. The highest BCUT2D eigenvalue weighted by Crippen LogP contribution is 2.37. The first-order valence-corrected chi connectivity index (χ1v) is 6.31. The molecule has 0 radical (unpaired) electrons. The largest absolute Gasteiger partial charge is 0.500 e. The number of amides is 1. The van der Waals surface area contributed by atoms with Crippen LogP contribution in [0.3, 0.4) is 0 Å². The zero-order chi connectivity index (χ0) is 15.6. The maximum Gasteiger partial charge on any atom is 0.315 e. The molecule has 0 unspecified atom stereocenters.